The van der Waals surface area contributed by atoms with Crippen LogP contribution in [0.3, 0.4) is 0 Å². The summed E-state index contributed by atoms with van der Waals surface area (Å²) in [6.45, 7) is 5.38. The second kappa shape index (κ2) is 8.92. The van der Waals surface area contributed by atoms with Gasteiger partial charge in [-0.05, 0) is 60.4 Å². The molecule has 12 heteroatoms. The van der Waals surface area contributed by atoms with Crippen LogP contribution in [0.2, 0.25) is 0 Å². The number of imidazole rings is 1. The van der Waals surface area contributed by atoms with Crippen LogP contribution in [0.5, 0.6) is 11.8 Å². The first kappa shape index (κ1) is 23.8. The molecule has 0 aliphatic carbocycles. The average molecular weight is 503 g/mol. The lowest BCUT2D eigenvalue weighted by atomic mass is 10.1. The summed E-state index contributed by atoms with van der Waals surface area (Å²) in [6.07, 6.45) is -2.98. The second-order valence-electron chi connectivity index (χ2n) is 9.12. The molecule has 2 aromatic carbocycles. The number of alkyl halides is 3. The molecule has 1 atom stereocenters. The van der Waals surface area contributed by atoms with E-state index in [1.165, 1.54) is 18.3 Å². The van der Waals surface area contributed by atoms with Crippen molar-refractivity contribution in [2.24, 2.45) is 0 Å². The molecule has 0 N–H and O–H groups in total. The summed E-state index contributed by atoms with van der Waals surface area (Å²) in [5, 5.41) is 10.9. The quantitative estimate of drug-likeness (QED) is 0.365. The Labute approximate surface area is 204 Å². The maximum Gasteiger partial charge on any atom is 0.416 e. The molecular formula is C24H24F3N5O4. The number of halogens is 3. The Balaban J connectivity index is 1.12. The Bertz CT molecular complexity index is 1210. The zero-order valence-corrected chi connectivity index (χ0v) is 19.4. The van der Waals surface area contributed by atoms with Crippen molar-refractivity contribution in [1.29, 1.82) is 0 Å². The van der Waals surface area contributed by atoms with Crippen molar-refractivity contribution in [2.75, 3.05) is 42.6 Å². The number of anilines is 2. The zero-order chi connectivity index (χ0) is 25.5. The average Bonchev–Trinajstić information content (AvgIpc) is 3.38. The number of hydrogen-bond acceptors (Lipinski definition) is 7. The summed E-state index contributed by atoms with van der Waals surface area (Å²) in [6, 6.07) is 13.2. The topological polar surface area (TPSA) is 85.9 Å². The fourth-order valence-corrected chi connectivity index (χ4v) is 4.43. The van der Waals surface area contributed by atoms with Gasteiger partial charge in [-0.25, -0.2) is 0 Å². The van der Waals surface area contributed by atoms with Gasteiger partial charge in [0.05, 0.1) is 12.1 Å². The van der Waals surface area contributed by atoms with Crippen LogP contribution >= 0.6 is 0 Å². The highest BCUT2D eigenvalue weighted by atomic mass is 19.4. The number of ether oxygens (including phenoxy) is 2. The second-order valence-corrected chi connectivity index (χ2v) is 9.12. The molecule has 1 saturated heterocycles. The highest BCUT2D eigenvalue weighted by Crippen LogP contribution is 2.33. The summed E-state index contributed by atoms with van der Waals surface area (Å²) >= 11 is 0. The SMILES string of the molecule is CC1(COc2ccc(N3CCN(c4ccc(C(F)(F)F)cc4)CC3)cc2)Cn2cc([N+](=O)[O-])nc2O1. The number of hydrogen-bond donors (Lipinski definition) is 0. The fourth-order valence-electron chi connectivity index (χ4n) is 4.43. The predicted molar refractivity (Wildman–Crippen MR) is 126 cm³/mol. The van der Waals surface area contributed by atoms with Gasteiger partial charge in [0, 0.05) is 42.5 Å². The van der Waals surface area contributed by atoms with Crippen LogP contribution in [0.4, 0.5) is 30.4 Å². The van der Waals surface area contributed by atoms with Crippen molar-refractivity contribution in [1.82, 2.24) is 9.55 Å². The fraction of sp³-hybridized carbons (Fsp3) is 0.375. The smallest absolute Gasteiger partial charge is 0.416 e. The number of rotatable bonds is 6. The van der Waals surface area contributed by atoms with Crippen molar-refractivity contribution >= 4 is 17.2 Å². The molecule has 190 valence electrons. The lowest BCUT2D eigenvalue weighted by molar-refractivity contribution is -0.389. The van der Waals surface area contributed by atoms with E-state index in [2.05, 4.69) is 14.8 Å². The largest absolute Gasteiger partial charge is 0.489 e. The van der Waals surface area contributed by atoms with Gasteiger partial charge in [0.2, 0.25) is 0 Å². The minimum absolute atomic E-state index is 0.207. The van der Waals surface area contributed by atoms with E-state index in [0.29, 0.717) is 25.4 Å². The molecular weight excluding hydrogens is 479 g/mol. The van der Waals surface area contributed by atoms with Gasteiger partial charge in [0.25, 0.3) is 0 Å². The Morgan fingerprint density at radius 2 is 1.58 bits per heavy atom. The molecule has 0 amide bonds. The highest BCUT2D eigenvalue weighted by molar-refractivity contribution is 5.53. The maximum absolute atomic E-state index is 12.8. The van der Waals surface area contributed by atoms with Crippen molar-refractivity contribution in [3.8, 4) is 11.8 Å². The van der Waals surface area contributed by atoms with Crippen LogP contribution in [0.1, 0.15) is 12.5 Å². The molecule has 9 nitrogen and oxygen atoms in total. The molecule has 2 aliphatic rings. The molecule has 1 aromatic heterocycles. The predicted octanol–water partition coefficient (Wildman–Crippen LogP) is 4.37. The van der Waals surface area contributed by atoms with Gasteiger partial charge in [-0.1, -0.05) is 0 Å². The molecule has 0 bridgehead atoms. The molecule has 36 heavy (non-hydrogen) atoms. The first-order chi connectivity index (χ1) is 17.1. The van der Waals surface area contributed by atoms with Gasteiger partial charge >= 0.3 is 18.0 Å². The summed E-state index contributed by atoms with van der Waals surface area (Å²) in [5.74, 6) is 0.422. The number of nitro groups is 1. The first-order valence-electron chi connectivity index (χ1n) is 11.4. The molecule has 3 heterocycles. The summed E-state index contributed by atoms with van der Waals surface area (Å²) in [5.41, 5.74) is 0.483. The van der Waals surface area contributed by atoms with Crippen LogP contribution in [0.15, 0.2) is 54.7 Å². The van der Waals surface area contributed by atoms with E-state index >= 15 is 0 Å². The summed E-state index contributed by atoms with van der Waals surface area (Å²) in [4.78, 5) is 18.5. The van der Waals surface area contributed by atoms with E-state index in [9.17, 15) is 23.3 Å². The first-order valence-corrected chi connectivity index (χ1v) is 11.4. The van der Waals surface area contributed by atoms with Crippen molar-refractivity contribution in [2.45, 2.75) is 25.2 Å². The van der Waals surface area contributed by atoms with Gasteiger partial charge in [-0.2, -0.15) is 13.2 Å². The number of nitrogens with zero attached hydrogens (tertiary/aromatic N) is 5. The third-order valence-corrected chi connectivity index (χ3v) is 6.34. The highest BCUT2D eigenvalue weighted by Gasteiger charge is 2.41. The van der Waals surface area contributed by atoms with Crippen LogP contribution in [0, 0.1) is 10.1 Å². The van der Waals surface area contributed by atoms with E-state index in [-0.39, 0.29) is 18.4 Å². The standard InChI is InChI=1S/C24H24F3N5O4/c1-23(15-31-14-21(32(33)34)28-22(31)36-23)16-35-20-8-6-19(7-9-20)30-12-10-29(11-13-30)18-4-2-17(3-5-18)24(25,26)27/h2-9,14H,10-13,15-16H2,1H3. The van der Waals surface area contributed by atoms with E-state index < -0.39 is 22.3 Å². The van der Waals surface area contributed by atoms with E-state index in [1.807, 2.05) is 31.2 Å². The zero-order valence-electron chi connectivity index (χ0n) is 19.4. The number of aromatic nitrogens is 2. The Kier molecular flexibility index (Phi) is 5.89. The Morgan fingerprint density at radius 1 is 1.03 bits per heavy atom. The molecule has 1 unspecified atom stereocenters. The molecule has 0 spiro atoms. The van der Waals surface area contributed by atoms with Gasteiger partial charge in [0.15, 0.2) is 5.60 Å². The van der Waals surface area contributed by atoms with E-state index in [1.54, 1.807) is 4.57 Å². The molecule has 3 aromatic rings. The van der Waals surface area contributed by atoms with Crippen LogP contribution in [-0.2, 0) is 12.7 Å². The normalized spacial score (nSPS) is 19.7. The van der Waals surface area contributed by atoms with Gasteiger partial charge < -0.3 is 29.4 Å². The molecule has 2 aliphatic heterocycles. The molecule has 0 saturated carbocycles. The van der Waals surface area contributed by atoms with Gasteiger partial charge in [-0.3, -0.25) is 4.57 Å². The van der Waals surface area contributed by atoms with Crippen LogP contribution in [-0.4, -0.2) is 52.9 Å². The lowest BCUT2D eigenvalue weighted by Crippen LogP contribution is -2.46. The summed E-state index contributed by atoms with van der Waals surface area (Å²) < 4.78 is 51.7. The van der Waals surface area contributed by atoms with Crippen molar-refractivity contribution < 1.29 is 27.6 Å². The molecule has 5 rings (SSSR count). The van der Waals surface area contributed by atoms with E-state index in [4.69, 9.17) is 9.47 Å². The summed E-state index contributed by atoms with van der Waals surface area (Å²) in [7, 11) is 0. The minimum atomic E-state index is -4.33. The third-order valence-electron chi connectivity index (χ3n) is 6.34. The molecule has 1 fully saturated rings. The Hall–Kier alpha value is -3.96. The van der Waals surface area contributed by atoms with Crippen molar-refractivity contribution in [3.63, 3.8) is 0 Å². The lowest BCUT2D eigenvalue weighted by Gasteiger charge is -2.37. The minimum Gasteiger partial charge on any atom is -0.489 e. The Morgan fingerprint density at radius 3 is 2.08 bits per heavy atom. The van der Waals surface area contributed by atoms with Crippen LogP contribution in [0.25, 0.3) is 0 Å². The number of fused-ring (bicyclic) bond motifs is 1. The monoisotopic (exact) mass is 503 g/mol. The number of piperazine rings is 1. The van der Waals surface area contributed by atoms with Crippen molar-refractivity contribution in [3.05, 3.63) is 70.4 Å². The van der Waals surface area contributed by atoms with Gasteiger partial charge in [-0.15, -0.1) is 0 Å². The maximum atomic E-state index is 12.8. The third kappa shape index (κ3) is 4.88. The van der Waals surface area contributed by atoms with Crippen LogP contribution < -0.4 is 19.3 Å². The van der Waals surface area contributed by atoms with E-state index in [0.717, 1.165) is 36.6 Å². The molecule has 0 radical (unpaired) electrons. The number of benzene rings is 2. The van der Waals surface area contributed by atoms with Gasteiger partial charge in [0.1, 0.15) is 18.6 Å².